The van der Waals surface area contributed by atoms with Gasteiger partial charge < -0.3 is 14.2 Å². The summed E-state index contributed by atoms with van der Waals surface area (Å²) in [6.45, 7) is 14.2. The maximum Gasteiger partial charge on any atom is 0.330 e. The molecule has 0 aromatic heterocycles. The van der Waals surface area contributed by atoms with E-state index < -0.39 is 18.0 Å². The molecule has 0 saturated heterocycles. The van der Waals surface area contributed by atoms with Crippen molar-refractivity contribution in [1.29, 1.82) is 0 Å². The van der Waals surface area contributed by atoms with Crippen LogP contribution in [-0.2, 0) is 19.1 Å². The second-order valence-corrected chi connectivity index (χ2v) is 6.62. The molecule has 6 heteroatoms. The lowest BCUT2D eigenvalue weighted by Gasteiger charge is -2.16. The molecule has 0 fully saturated rings. The summed E-state index contributed by atoms with van der Waals surface area (Å²) in [6, 6.07) is 15.2. The van der Waals surface area contributed by atoms with Crippen molar-refractivity contribution in [2.75, 3.05) is 13.2 Å². The van der Waals surface area contributed by atoms with Crippen LogP contribution in [0.3, 0.4) is 0 Å². The molecule has 1 unspecified atom stereocenters. The first kappa shape index (κ1) is 23.4. The summed E-state index contributed by atoms with van der Waals surface area (Å²) in [5.74, 6) is -0.357. The van der Waals surface area contributed by atoms with E-state index in [2.05, 4.69) is 18.0 Å². The number of unbranched alkanes of at least 4 members (excludes halogenated alkanes) is 1. The number of rotatable bonds is 12. The number of ether oxygens (including phenoxy) is 3. The topological polar surface area (TPSA) is 66.2 Å². The van der Waals surface area contributed by atoms with Crippen LogP contribution in [0.15, 0.2) is 73.8 Å². The Kier molecular flexibility index (Phi) is 9.57. The van der Waals surface area contributed by atoms with Gasteiger partial charge in [-0.2, -0.15) is 0 Å². The van der Waals surface area contributed by atoms with Gasteiger partial charge in [-0.15, -0.1) is 0 Å². The first-order valence-electron chi connectivity index (χ1n) is 9.88. The molecule has 0 spiro atoms. The zero-order valence-electron chi connectivity index (χ0n) is 17.3. The normalized spacial score (nSPS) is 10.9. The predicted molar refractivity (Wildman–Crippen MR) is 119 cm³/mol. The maximum atomic E-state index is 11.4. The summed E-state index contributed by atoms with van der Waals surface area (Å²) in [4.78, 5) is 26.0. The highest BCUT2D eigenvalue weighted by molar-refractivity contribution is 5.82. The van der Waals surface area contributed by atoms with Gasteiger partial charge in [0, 0.05) is 12.2 Å². The van der Waals surface area contributed by atoms with Gasteiger partial charge in [0.2, 0.25) is 0 Å². The number of hydrogen-bond acceptors (Lipinski definition) is 5. The Bertz CT molecular complexity index is 926. The summed E-state index contributed by atoms with van der Waals surface area (Å²) in [5.41, 5.74) is 2.70. The lowest BCUT2D eigenvalue weighted by molar-refractivity contribution is -0.153. The van der Waals surface area contributed by atoms with E-state index >= 15 is 0 Å². The monoisotopic (exact) mass is 419 g/mol. The van der Waals surface area contributed by atoms with Gasteiger partial charge in [-0.25, -0.2) is 14.4 Å². The van der Waals surface area contributed by atoms with Crippen LogP contribution in [0.4, 0.5) is 5.69 Å². The van der Waals surface area contributed by atoms with Crippen molar-refractivity contribution in [2.45, 2.75) is 25.4 Å². The largest absolute Gasteiger partial charge is 0.494 e. The molecule has 2 aromatic rings. The summed E-state index contributed by atoms with van der Waals surface area (Å²) in [5, 5.41) is 0. The van der Waals surface area contributed by atoms with Crippen molar-refractivity contribution in [3.8, 4) is 16.9 Å². The average Bonchev–Trinajstić information content (AvgIpc) is 2.82. The van der Waals surface area contributed by atoms with Gasteiger partial charge in [-0.05, 0) is 42.5 Å². The summed E-state index contributed by atoms with van der Waals surface area (Å²) in [7, 11) is 0. The maximum absolute atomic E-state index is 11.4. The van der Waals surface area contributed by atoms with E-state index in [0.717, 1.165) is 41.9 Å². The van der Waals surface area contributed by atoms with Gasteiger partial charge in [0.1, 0.15) is 18.5 Å². The minimum atomic E-state index is -0.561. The van der Waals surface area contributed by atoms with Gasteiger partial charge in [-0.3, -0.25) is 0 Å². The molecule has 160 valence electrons. The smallest absolute Gasteiger partial charge is 0.330 e. The molecule has 0 aliphatic rings. The highest BCUT2D eigenvalue weighted by atomic mass is 16.6. The molecule has 1 atom stereocenters. The molecule has 0 saturated carbocycles. The molecule has 2 rings (SSSR count). The van der Waals surface area contributed by atoms with Gasteiger partial charge in [0.15, 0.2) is 5.69 Å². The van der Waals surface area contributed by atoms with E-state index in [-0.39, 0.29) is 6.61 Å². The lowest BCUT2D eigenvalue weighted by Crippen LogP contribution is -2.24. The Balaban J connectivity index is 1.76. The van der Waals surface area contributed by atoms with Crippen LogP contribution in [0.2, 0.25) is 0 Å². The van der Waals surface area contributed by atoms with Gasteiger partial charge >= 0.3 is 11.9 Å². The second-order valence-electron chi connectivity index (χ2n) is 6.62. The van der Waals surface area contributed by atoms with E-state index in [1.807, 2.05) is 36.4 Å². The Hall–Kier alpha value is -3.85. The Morgan fingerprint density at radius 2 is 1.55 bits per heavy atom. The summed E-state index contributed by atoms with van der Waals surface area (Å²) < 4.78 is 15.9. The SMILES string of the molecule is [C-]#[N+]c1ccc(-c2ccc(OCCCCC(COC(=O)C=C)OC(=O)C=C)cc2)cc1. The van der Waals surface area contributed by atoms with E-state index in [9.17, 15) is 9.59 Å². The Labute approximate surface area is 182 Å². The molecular weight excluding hydrogens is 394 g/mol. The highest BCUT2D eigenvalue weighted by Crippen LogP contribution is 2.25. The first-order chi connectivity index (χ1) is 15.0. The van der Waals surface area contributed by atoms with Gasteiger partial charge in [-0.1, -0.05) is 49.6 Å². The van der Waals surface area contributed by atoms with E-state index in [1.165, 1.54) is 0 Å². The minimum Gasteiger partial charge on any atom is -0.494 e. The van der Waals surface area contributed by atoms with Gasteiger partial charge in [0.25, 0.3) is 0 Å². The van der Waals surface area contributed by atoms with Crippen molar-refractivity contribution in [3.05, 3.63) is 85.3 Å². The third-order valence-corrected chi connectivity index (χ3v) is 4.40. The predicted octanol–water partition coefficient (Wildman–Crippen LogP) is 5.28. The number of carbonyl (C=O) groups excluding carboxylic acids is 2. The van der Waals surface area contributed by atoms with Crippen molar-refractivity contribution < 1.29 is 23.8 Å². The van der Waals surface area contributed by atoms with Crippen molar-refractivity contribution >= 4 is 17.6 Å². The molecule has 31 heavy (non-hydrogen) atoms. The molecule has 0 amide bonds. The van der Waals surface area contributed by atoms with E-state index in [1.54, 1.807) is 12.1 Å². The molecule has 0 bridgehead atoms. The molecule has 0 aliphatic carbocycles. The van der Waals surface area contributed by atoms with E-state index in [0.29, 0.717) is 18.7 Å². The number of carbonyl (C=O) groups is 2. The quantitative estimate of drug-likeness (QED) is 0.203. The average molecular weight is 419 g/mol. The third-order valence-electron chi connectivity index (χ3n) is 4.40. The van der Waals surface area contributed by atoms with E-state index in [4.69, 9.17) is 20.8 Å². The van der Waals surface area contributed by atoms with Crippen molar-refractivity contribution in [1.82, 2.24) is 0 Å². The Morgan fingerprint density at radius 3 is 2.13 bits per heavy atom. The zero-order valence-corrected chi connectivity index (χ0v) is 17.3. The molecule has 2 aromatic carbocycles. The molecule has 6 nitrogen and oxygen atoms in total. The number of benzene rings is 2. The fourth-order valence-corrected chi connectivity index (χ4v) is 2.76. The van der Waals surface area contributed by atoms with Crippen LogP contribution >= 0.6 is 0 Å². The molecule has 0 radical (unpaired) electrons. The zero-order chi connectivity index (χ0) is 22.5. The molecule has 0 N–H and O–H groups in total. The number of nitrogens with zero attached hydrogens (tertiary/aromatic N) is 1. The first-order valence-corrected chi connectivity index (χ1v) is 9.88. The molecule has 0 aliphatic heterocycles. The standard InChI is InChI=1S/C25H25NO5/c1-4-24(27)30-18-23(31-25(28)5-2)8-6-7-17-29-22-15-11-20(12-16-22)19-9-13-21(26-3)14-10-19/h4-5,9-16,23H,1-2,6-8,17-18H2. The van der Waals surface area contributed by atoms with Crippen LogP contribution in [-0.4, -0.2) is 31.3 Å². The van der Waals surface area contributed by atoms with Crippen molar-refractivity contribution in [3.63, 3.8) is 0 Å². The Morgan fingerprint density at radius 1 is 0.935 bits per heavy atom. The van der Waals surface area contributed by atoms with Crippen LogP contribution < -0.4 is 4.74 Å². The summed E-state index contributed by atoms with van der Waals surface area (Å²) >= 11 is 0. The van der Waals surface area contributed by atoms with Gasteiger partial charge in [0.05, 0.1) is 13.2 Å². The summed E-state index contributed by atoms with van der Waals surface area (Å²) in [6.07, 6.45) is 3.61. The number of esters is 2. The fraction of sp³-hybridized carbons (Fsp3) is 0.240. The number of hydrogen-bond donors (Lipinski definition) is 0. The molecular formula is C25H25NO5. The fourth-order valence-electron chi connectivity index (χ4n) is 2.76. The van der Waals surface area contributed by atoms with Crippen LogP contribution in [0.25, 0.3) is 16.0 Å². The lowest BCUT2D eigenvalue weighted by atomic mass is 10.1. The third kappa shape index (κ3) is 8.19. The van der Waals surface area contributed by atoms with Crippen molar-refractivity contribution in [2.24, 2.45) is 0 Å². The molecule has 0 heterocycles. The minimum absolute atomic E-state index is 0.0242. The highest BCUT2D eigenvalue weighted by Gasteiger charge is 2.14. The second kappa shape index (κ2) is 12.7. The van der Waals surface area contributed by atoms with Crippen LogP contribution in [0.5, 0.6) is 5.75 Å². The van der Waals surface area contributed by atoms with Crippen LogP contribution in [0.1, 0.15) is 19.3 Å². The van der Waals surface area contributed by atoms with Crippen LogP contribution in [0, 0.1) is 6.57 Å².